The number of aromatic nitrogens is 5. The molecule has 3 fully saturated rings. The van der Waals surface area contributed by atoms with Gasteiger partial charge in [-0.1, -0.05) is 95.3 Å². The number of aryl methyl sites for hydroxylation is 1. The zero-order chi connectivity index (χ0) is 50.9. The Morgan fingerprint density at radius 1 is 0.822 bits per heavy atom. The monoisotopic (exact) mass is 1010 g/mol. The number of nitrogens with zero attached hydrogens (tertiary/aromatic N) is 8. The molecule has 2 saturated heterocycles. The van der Waals surface area contributed by atoms with E-state index in [1.165, 1.54) is 23.4 Å². The van der Waals surface area contributed by atoms with Crippen LogP contribution in [-0.4, -0.2) is 115 Å². The molecule has 0 unspecified atom stereocenters. The first-order valence-electron chi connectivity index (χ1n) is 26.3. The number of fused-ring (bicyclic) bond motifs is 1. The smallest absolute Gasteiger partial charge is 0.246 e. The number of hydrogen-bond acceptors (Lipinski definition) is 13. The summed E-state index contributed by atoms with van der Waals surface area (Å²) >= 11 is 1.59. The number of benzene rings is 3. The Balaban J connectivity index is 0.669. The molecule has 5 heterocycles. The second-order valence-electron chi connectivity index (χ2n) is 21.1. The molecule has 3 amide bonds. The van der Waals surface area contributed by atoms with Crippen molar-refractivity contribution in [1.29, 1.82) is 0 Å². The quantitative estimate of drug-likeness (QED) is 0.0458. The lowest BCUT2D eigenvalue weighted by Gasteiger charge is -2.36. The van der Waals surface area contributed by atoms with E-state index < -0.39 is 23.6 Å². The summed E-state index contributed by atoms with van der Waals surface area (Å²) < 4.78 is 2.27. The topological polar surface area (TPSA) is 186 Å². The Morgan fingerprint density at radius 2 is 1.53 bits per heavy atom. The summed E-state index contributed by atoms with van der Waals surface area (Å²) in [5, 5.41) is 23.6. The lowest BCUT2D eigenvalue weighted by atomic mass is 9.85. The molecule has 17 heteroatoms. The molecular formula is C56H72N12O4S. The number of likely N-dealkylation sites (tertiary alicyclic amines) is 1. The van der Waals surface area contributed by atoms with Crippen LogP contribution in [0.2, 0.25) is 0 Å². The highest BCUT2D eigenvalue weighted by molar-refractivity contribution is 7.13. The average molecular weight is 1010 g/mol. The van der Waals surface area contributed by atoms with Crippen molar-refractivity contribution < 1.29 is 19.5 Å². The first-order valence-corrected chi connectivity index (χ1v) is 27.2. The molecule has 0 radical (unpaired) electrons. The molecule has 386 valence electrons. The fraction of sp³-hybridized carbons (Fsp3) is 0.482. The molecule has 5 N–H and O–H groups in total. The molecule has 6 aromatic rings. The molecule has 73 heavy (non-hydrogen) atoms. The van der Waals surface area contributed by atoms with E-state index >= 15 is 0 Å². The van der Waals surface area contributed by atoms with E-state index in [1.807, 2.05) is 94.0 Å². The Bertz CT molecular complexity index is 2780. The number of unbranched alkanes of at least 4 members (excludes halogenated alkanes) is 4. The van der Waals surface area contributed by atoms with Gasteiger partial charge in [0, 0.05) is 75.2 Å². The molecule has 0 spiro atoms. The van der Waals surface area contributed by atoms with Gasteiger partial charge in [-0.3, -0.25) is 23.9 Å². The highest BCUT2D eigenvalue weighted by atomic mass is 32.1. The number of rotatable bonds is 20. The summed E-state index contributed by atoms with van der Waals surface area (Å²) in [5.74, 6) is 0.527. The molecule has 3 aromatic carbocycles. The van der Waals surface area contributed by atoms with Gasteiger partial charge in [0.05, 0.1) is 28.4 Å². The lowest BCUT2D eigenvalue weighted by molar-refractivity contribution is -0.144. The van der Waals surface area contributed by atoms with Crippen molar-refractivity contribution >= 4 is 69.2 Å². The Labute approximate surface area is 433 Å². The molecule has 0 bridgehead atoms. The number of piperazine rings is 1. The van der Waals surface area contributed by atoms with E-state index in [1.54, 1.807) is 11.3 Å². The lowest BCUT2D eigenvalue weighted by Crippen LogP contribution is -2.57. The molecule has 1 saturated carbocycles. The van der Waals surface area contributed by atoms with Crippen LogP contribution in [0.1, 0.15) is 109 Å². The summed E-state index contributed by atoms with van der Waals surface area (Å²) in [5.41, 5.74) is 8.97. The predicted octanol–water partition coefficient (Wildman–Crippen LogP) is 9.13. The number of aliphatic hydroxyl groups is 1. The Kier molecular flexibility index (Phi) is 16.7. The Morgan fingerprint density at radius 3 is 2.25 bits per heavy atom. The van der Waals surface area contributed by atoms with Crippen molar-refractivity contribution in [2.24, 2.45) is 5.41 Å². The van der Waals surface area contributed by atoms with Gasteiger partial charge in [-0.25, -0.2) is 15.0 Å². The number of para-hydroxylation sites is 1. The minimum atomic E-state index is -0.835. The number of thiazole rings is 1. The summed E-state index contributed by atoms with van der Waals surface area (Å²) in [4.78, 5) is 67.3. The van der Waals surface area contributed by atoms with Crippen molar-refractivity contribution in [3.8, 4) is 10.4 Å². The second-order valence-corrected chi connectivity index (χ2v) is 22.0. The van der Waals surface area contributed by atoms with E-state index in [0.29, 0.717) is 25.0 Å². The van der Waals surface area contributed by atoms with Crippen LogP contribution in [0.15, 0.2) is 90.6 Å². The van der Waals surface area contributed by atoms with Crippen molar-refractivity contribution in [3.63, 3.8) is 0 Å². The van der Waals surface area contributed by atoms with Crippen LogP contribution in [0.25, 0.3) is 21.6 Å². The fourth-order valence-corrected chi connectivity index (χ4v) is 11.3. The fourth-order valence-electron chi connectivity index (χ4n) is 10.5. The second kappa shape index (κ2) is 23.6. The highest BCUT2D eigenvalue weighted by Gasteiger charge is 2.44. The standard InChI is InChI=1S/C56H72N12O4S/c1-38-49(73-37-59-38)40-22-20-39(21-23-40)34-57-52(71)47-33-45(69)36-67(47)53(72)50(56(2,3)4)63-48(70)19-11-6-5-7-14-28-65-29-31-66(32-30-65)43-26-24-42(25-27-43)60-54-58-35-46-51(64-54)68(44-17-12-13-18-44)55(62-46)61-41-15-9-8-10-16-41/h8-10,15-16,20-27,35,37,44-45,47,50,69H,5-7,11-14,17-19,28-34,36H2,1-4H3,(H,57,71)(H,61,62)(H,63,70)(H,58,60,64)/t45-,47+,50-/m1/s1. The van der Waals surface area contributed by atoms with Crippen molar-refractivity contribution in [2.75, 3.05) is 54.8 Å². The minimum Gasteiger partial charge on any atom is -0.391 e. The third-order valence-electron chi connectivity index (χ3n) is 14.6. The average Bonchev–Trinajstić information content (AvgIpc) is 4.22. The van der Waals surface area contributed by atoms with Gasteiger partial charge >= 0.3 is 0 Å². The first kappa shape index (κ1) is 51.5. The molecule has 16 nitrogen and oxygen atoms in total. The number of aliphatic hydroxyl groups excluding tert-OH is 1. The van der Waals surface area contributed by atoms with Crippen LogP contribution in [-0.2, 0) is 20.9 Å². The van der Waals surface area contributed by atoms with Gasteiger partial charge in [0.1, 0.15) is 17.6 Å². The number of amides is 3. The Hall–Kier alpha value is -6.43. The summed E-state index contributed by atoms with van der Waals surface area (Å²) in [6.07, 6.45) is 11.0. The third kappa shape index (κ3) is 13.0. The van der Waals surface area contributed by atoms with Crippen LogP contribution in [0, 0.1) is 12.3 Å². The number of hydrogen-bond donors (Lipinski definition) is 5. The van der Waals surface area contributed by atoms with Crippen LogP contribution in [0.5, 0.6) is 0 Å². The summed E-state index contributed by atoms with van der Waals surface area (Å²) in [6, 6.07) is 25.4. The van der Waals surface area contributed by atoms with Crippen LogP contribution >= 0.6 is 11.3 Å². The van der Waals surface area contributed by atoms with Crippen molar-refractivity contribution in [2.45, 2.75) is 129 Å². The molecule has 2 aliphatic heterocycles. The first-order chi connectivity index (χ1) is 35.4. The zero-order valence-electron chi connectivity index (χ0n) is 42.9. The SMILES string of the molecule is Cc1ncsc1-c1ccc(CNC(=O)[C@@H]2C[C@@H](O)CN2C(=O)[C@@H](NC(=O)CCCCCCCN2CCN(c3ccc(Nc4ncc5nc(Nc6ccccc6)n(C6CCCC6)c5n4)cc3)CC2)C(C)(C)C)cc1. The molecule has 1 aliphatic carbocycles. The van der Waals surface area contributed by atoms with Gasteiger partial charge in [-0.15, -0.1) is 11.3 Å². The van der Waals surface area contributed by atoms with Gasteiger partial charge in [0.15, 0.2) is 5.65 Å². The zero-order valence-corrected chi connectivity index (χ0v) is 43.7. The number of nitrogens with one attached hydrogen (secondary N) is 4. The molecule has 3 atom stereocenters. The summed E-state index contributed by atoms with van der Waals surface area (Å²) in [6.45, 7) is 13.1. The number of imidazole rings is 1. The molecular weight excluding hydrogens is 937 g/mol. The van der Waals surface area contributed by atoms with Gasteiger partial charge in [-0.05, 0) is 92.1 Å². The number of anilines is 5. The maximum absolute atomic E-state index is 14.1. The van der Waals surface area contributed by atoms with E-state index in [9.17, 15) is 19.5 Å². The maximum atomic E-state index is 14.1. The van der Waals surface area contributed by atoms with Gasteiger partial charge in [-0.2, -0.15) is 4.98 Å². The van der Waals surface area contributed by atoms with E-state index in [-0.39, 0.29) is 30.7 Å². The van der Waals surface area contributed by atoms with Gasteiger partial charge < -0.3 is 36.2 Å². The summed E-state index contributed by atoms with van der Waals surface area (Å²) in [7, 11) is 0. The predicted molar refractivity (Wildman–Crippen MR) is 290 cm³/mol. The van der Waals surface area contributed by atoms with Crippen molar-refractivity contribution in [1.82, 2.24) is 44.9 Å². The highest BCUT2D eigenvalue weighted by Crippen LogP contribution is 2.36. The van der Waals surface area contributed by atoms with Gasteiger partial charge in [0.2, 0.25) is 29.6 Å². The van der Waals surface area contributed by atoms with Crippen molar-refractivity contribution in [3.05, 3.63) is 102 Å². The maximum Gasteiger partial charge on any atom is 0.246 e. The third-order valence-corrected chi connectivity index (χ3v) is 15.6. The van der Waals surface area contributed by atoms with E-state index in [0.717, 1.165) is 128 Å². The largest absolute Gasteiger partial charge is 0.391 e. The number of β-amino-alcohol motifs (C(OH)–C–C–N with tert-alkyl or cyclic N) is 1. The number of carbonyl (C=O) groups excluding carboxylic acids is 3. The normalized spacial score (nSPS) is 18.0. The molecule has 3 aliphatic rings. The number of carbonyl (C=O) groups is 3. The van der Waals surface area contributed by atoms with Gasteiger partial charge in [0.25, 0.3) is 0 Å². The van der Waals surface area contributed by atoms with E-state index in [2.05, 4.69) is 69.9 Å². The molecule has 3 aromatic heterocycles. The van der Waals surface area contributed by atoms with Crippen LogP contribution < -0.4 is 26.2 Å². The molecule has 9 rings (SSSR count). The minimum absolute atomic E-state index is 0.0454. The van der Waals surface area contributed by atoms with E-state index in [4.69, 9.17) is 9.97 Å². The van der Waals surface area contributed by atoms with Crippen LogP contribution in [0.3, 0.4) is 0 Å². The van der Waals surface area contributed by atoms with Crippen LogP contribution in [0.4, 0.5) is 29.0 Å².